The van der Waals surface area contributed by atoms with E-state index in [9.17, 15) is 62.7 Å². The number of aliphatic imine (C=N–C) groups is 1. The van der Waals surface area contributed by atoms with Gasteiger partial charge in [0.2, 0.25) is 16.9 Å². The maximum atomic E-state index is 13.5. The number of amidine groups is 1. The van der Waals surface area contributed by atoms with E-state index in [4.69, 9.17) is 19.5 Å². The summed E-state index contributed by atoms with van der Waals surface area (Å²) in [5.41, 5.74) is 4.18. The number of rotatable bonds is 22. The number of imidazole rings is 1. The van der Waals surface area contributed by atoms with Gasteiger partial charge < -0.3 is 56.2 Å². The molecule has 1 fully saturated rings. The molecule has 3 amide bonds. The highest BCUT2D eigenvalue weighted by atomic mass is 32.2. The zero-order valence-electron chi connectivity index (χ0n) is 37.8. The number of nitrogens with one attached hydrogen (secondary N) is 3. The molecule has 0 spiro atoms. The van der Waals surface area contributed by atoms with Gasteiger partial charge >= 0.3 is 23.5 Å². The number of benzene rings is 1. The molecule has 1 aromatic carbocycles. The average molecular weight is 1060 g/mol. The van der Waals surface area contributed by atoms with Gasteiger partial charge in [-0.3, -0.25) is 37.3 Å². The number of phosphoric ester groups is 3. The number of nitrogen functional groups attached to an aromatic ring is 1. The molecule has 382 valence electrons. The summed E-state index contributed by atoms with van der Waals surface area (Å²) >= 11 is 0.904. The van der Waals surface area contributed by atoms with Crippen LogP contribution in [0.1, 0.15) is 63.3 Å². The van der Waals surface area contributed by atoms with Crippen molar-refractivity contribution >= 4 is 91.8 Å². The molecule has 28 nitrogen and oxygen atoms in total. The fraction of sp³-hybridized carbons (Fsp3) is 0.500. The first-order valence-corrected chi connectivity index (χ1v) is 26.5. The average Bonchev–Trinajstić information content (AvgIpc) is 3.95. The Labute approximate surface area is 402 Å². The lowest BCUT2D eigenvalue weighted by molar-refractivity contribution is -0.137. The van der Waals surface area contributed by atoms with Gasteiger partial charge in [0.15, 0.2) is 23.5 Å². The lowest BCUT2D eigenvalue weighted by Gasteiger charge is -2.30. The number of aromatic nitrogens is 5. The SMILES string of the molecule is CC(C)[C@@]1(C)N=C(c2nc3ccccc3cc2C(=O)SCCNC(=O)CCNC(=O)C(O)C(C)(C)COP(=O)(O)OP(=O)(O)OCC2OC(n3cnc4c(N)ncnc43)C(O)C2OP(=O)(O)O)NC1=O. The summed E-state index contributed by atoms with van der Waals surface area (Å²) < 4.78 is 62.6. The Hall–Kier alpha value is -4.67. The van der Waals surface area contributed by atoms with E-state index in [-0.39, 0.29) is 76.3 Å². The highest BCUT2D eigenvalue weighted by Gasteiger charge is 2.50. The molecule has 2 aliphatic heterocycles. The van der Waals surface area contributed by atoms with Crippen LogP contribution in [0.2, 0.25) is 0 Å². The van der Waals surface area contributed by atoms with Crippen LogP contribution in [0.5, 0.6) is 0 Å². The number of aliphatic hydroxyl groups excluding tert-OH is 2. The Morgan fingerprint density at radius 3 is 2.43 bits per heavy atom. The number of aliphatic hydroxyl groups is 2. The summed E-state index contributed by atoms with van der Waals surface area (Å²) in [5.74, 6) is -1.72. The van der Waals surface area contributed by atoms with Crippen LogP contribution in [0, 0.1) is 11.3 Å². The predicted molar refractivity (Wildman–Crippen MR) is 246 cm³/mol. The van der Waals surface area contributed by atoms with Crippen LogP contribution in [-0.4, -0.2) is 145 Å². The largest absolute Gasteiger partial charge is 0.481 e. The van der Waals surface area contributed by atoms with E-state index < -0.39 is 90.1 Å². The molecule has 6 rings (SSSR count). The van der Waals surface area contributed by atoms with Gasteiger partial charge in [-0.2, -0.15) is 4.31 Å². The maximum absolute atomic E-state index is 13.5. The molecule has 2 aliphatic rings. The molecular weight excluding hydrogens is 1010 g/mol. The molecule has 0 bridgehead atoms. The molecule has 5 heterocycles. The number of para-hydroxylation sites is 1. The molecule has 8 atom stereocenters. The zero-order chi connectivity index (χ0) is 51.6. The second-order valence-corrected chi connectivity index (χ2v) is 22.3. The Morgan fingerprint density at radius 1 is 1.04 bits per heavy atom. The highest BCUT2D eigenvalue weighted by molar-refractivity contribution is 8.14. The van der Waals surface area contributed by atoms with Crippen LogP contribution in [-0.2, 0) is 50.7 Å². The van der Waals surface area contributed by atoms with E-state index in [1.165, 1.54) is 13.8 Å². The number of anilines is 1. The molecule has 1 saturated heterocycles. The van der Waals surface area contributed by atoms with Gasteiger partial charge in [0, 0.05) is 36.1 Å². The number of carbonyl (C=O) groups excluding carboxylic acids is 4. The summed E-state index contributed by atoms with van der Waals surface area (Å²) in [6.45, 7) is 5.60. The molecule has 32 heteroatoms. The number of amides is 3. The third-order valence-corrected chi connectivity index (χ3v) is 15.1. The molecule has 0 saturated carbocycles. The van der Waals surface area contributed by atoms with Crippen LogP contribution in [0.3, 0.4) is 0 Å². The van der Waals surface area contributed by atoms with Crippen LogP contribution in [0.25, 0.3) is 22.1 Å². The van der Waals surface area contributed by atoms with Crippen molar-refractivity contribution in [2.24, 2.45) is 16.3 Å². The minimum atomic E-state index is -5.61. The van der Waals surface area contributed by atoms with Crippen LogP contribution in [0.15, 0.2) is 48.0 Å². The minimum Gasteiger partial charge on any atom is -0.386 e. The first-order valence-electron chi connectivity index (χ1n) is 21.0. The van der Waals surface area contributed by atoms with Gasteiger partial charge in [0.1, 0.15) is 47.5 Å². The monoisotopic (exact) mass is 1060 g/mol. The van der Waals surface area contributed by atoms with Gasteiger partial charge in [-0.05, 0) is 25.0 Å². The van der Waals surface area contributed by atoms with Gasteiger partial charge in [-0.25, -0.2) is 38.6 Å². The van der Waals surface area contributed by atoms with Crippen LogP contribution < -0.4 is 21.7 Å². The predicted octanol–water partition coefficient (Wildman–Crippen LogP) is 0.818. The Bertz CT molecular complexity index is 2830. The van der Waals surface area contributed by atoms with E-state index in [1.54, 1.807) is 37.3 Å². The second-order valence-electron chi connectivity index (χ2n) is 17.0. The first kappa shape index (κ1) is 54.7. The van der Waals surface area contributed by atoms with Crippen molar-refractivity contribution in [3.05, 3.63) is 54.2 Å². The summed E-state index contributed by atoms with van der Waals surface area (Å²) in [6.07, 6.45) is -7.15. The van der Waals surface area contributed by atoms with Crippen molar-refractivity contribution in [3.63, 3.8) is 0 Å². The van der Waals surface area contributed by atoms with Gasteiger partial charge in [0.05, 0.1) is 30.6 Å². The Balaban J connectivity index is 0.941. The number of ether oxygens (including phenoxy) is 1. The zero-order valence-corrected chi connectivity index (χ0v) is 41.3. The number of carbonyl (C=O) groups is 4. The van der Waals surface area contributed by atoms with E-state index >= 15 is 0 Å². The van der Waals surface area contributed by atoms with Gasteiger partial charge in [-0.1, -0.05) is 57.7 Å². The van der Waals surface area contributed by atoms with Gasteiger partial charge in [-0.15, -0.1) is 0 Å². The quantitative estimate of drug-likeness (QED) is 0.0385. The fourth-order valence-electron chi connectivity index (χ4n) is 6.85. The highest BCUT2D eigenvalue weighted by Crippen LogP contribution is 2.61. The molecule has 4 aromatic rings. The molecule has 0 radical (unpaired) electrons. The number of hydrogen-bond acceptors (Lipinski definition) is 21. The minimum absolute atomic E-state index is 0.0187. The number of nitrogens with zero attached hydrogens (tertiary/aromatic N) is 6. The summed E-state index contributed by atoms with van der Waals surface area (Å²) in [7, 11) is -16.5. The number of phosphoric acid groups is 3. The van der Waals surface area contributed by atoms with Crippen molar-refractivity contribution in [1.82, 2.24) is 40.5 Å². The molecule has 11 N–H and O–H groups in total. The Kier molecular flexibility index (Phi) is 16.9. The van der Waals surface area contributed by atoms with Crippen molar-refractivity contribution in [1.29, 1.82) is 0 Å². The van der Waals surface area contributed by atoms with Crippen LogP contribution in [0.4, 0.5) is 5.82 Å². The molecular formula is C38H51N10O18P3S. The maximum Gasteiger partial charge on any atom is 0.481 e. The van der Waals surface area contributed by atoms with Crippen molar-refractivity contribution in [2.45, 2.75) is 77.2 Å². The number of hydrogen-bond donors (Lipinski definition) is 10. The lowest BCUT2D eigenvalue weighted by atomic mass is 9.87. The topological polar surface area (TPSA) is 418 Å². The fourth-order valence-corrected chi connectivity index (χ4v) is 10.4. The number of thioether (sulfide) groups is 1. The third-order valence-electron chi connectivity index (χ3n) is 11.1. The van der Waals surface area contributed by atoms with Gasteiger partial charge in [0.25, 0.3) is 5.91 Å². The smallest absolute Gasteiger partial charge is 0.386 e. The second kappa shape index (κ2) is 21.6. The molecule has 0 aliphatic carbocycles. The van der Waals surface area contributed by atoms with E-state index in [0.29, 0.717) is 10.9 Å². The lowest BCUT2D eigenvalue weighted by Crippen LogP contribution is -2.46. The Morgan fingerprint density at radius 2 is 1.74 bits per heavy atom. The van der Waals surface area contributed by atoms with E-state index in [2.05, 4.69) is 49.7 Å². The third kappa shape index (κ3) is 13.0. The van der Waals surface area contributed by atoms with Crippen molar-refractivity contribution in [2.75, 3.05) is 37.8 Å². The number of nitrogens with two attached hydrogens (primary N) is 1. The normalized spacial score (nSPS) is 22.9. The molecule has 3 aromatic heterocycles. The van der Waals surface area contributed by atoms with Crippen molar-refractivity contribution < 1.29 is 85.3 Å². The summed E-state index contributed by atoms with van der Waals surface area (Å²) in [5, 5.41) is 29.7. The standard InChI is InChI=1S/C38H51N10O18P3S/c1-19(2)38(5)36(54)46-31(47-38)25-21(14-20-8-6-7-9-22(20)45-25)35(53)70-13-12-40-24(49)10-11-41-33(52)29(51)37(3,4)16-63-69(60,61)66-68(58,59)62-15-23-28(65-67(55,56)57)27(50)34(64-23)48-18-44-26-30(39)42-17-43-32(26)48/h6-9,14,17-19,23,27-29,34,50-51H,10-13,15-16H2,1-5H3,(H,40,49)(H,41,52)(H,58,59)(H,60,61)(H2,39,42,43)(H,46,47,54)(H2,55,56,57)/t23?,27?,28?,29?,34?,38-/m1/s1. The number of fused-ring (bicyclic) bond motifs is 2. The van der Waals surface area contributed by atoms with Crippen LogP contribution >= 0.6 is 35.2 Å². The molecule has 7 unspecified atom stereocenters. The van der Waals surface area contributed by atoms with E-state index in [1.807, 2.05) is 13.8 Å². The summed E-state index contributed by atoms with van der Waals surface area (Å²) in [4.78, 5) is 112. The summed E-state index contributed by atoms with van der Waals surface area (Å²) in [6, 6.07) is 8.82. The molecule has 70 heavy (non-hydrogen) atoms. The van der Waals surface area contributed by atoms with E-state index in [0.717, 1.165) is 29.0 Å². The number of pyridine rings is 1. The van der Waals surface area contributed by atoms with Crippen molar-refractivity contribution in [3.8, 4) is 0 Å². The first-order chi connectivity index (χ1) is 32.6.